The van der Waals surface area contributed by atoms with E-state index in [-0.39, 0.29) is 11.5 Å². The minimum absolute atomic E-state index is 0.152. The van der Waals surface area contributed by atoms with Crippen molar-refractivity contribution < 1.29 is 4.74 Å². The largest absolute Gasteiger partial charge is 0.480 e. The summed E-state index contributed by atoms with van der Waals surface area (Å²) in [6.07, 6.45) is 5.84. The fourth-order valence-electron chi connectivity index (χ4n) is 3.93. The van der Waals surface area contributed by atoms with Crippen LogP contribution in [0.15, 0.2) is 39.9 Å². The lowest BCUT2D eigenvalue weighted by Crippen LogP contribution is -2.30. The molecule has 1 aliphatic carbocycles. The van der Waals surface area contributed by atoms with Gasteiger partial charge in [-0.05, 0) is 71.6 Å². The summed E-state index contributed by atoms with van der Waals surface area (Å²) in [7, 11) is 1.52. The van der Waals surface area contributed by atoms with Crippen molar-refractivity contribution in [3.63, 3.8) is 0 Å². The molecule has 4 rings (SSSR count). The van der Waals surface area contributed by atoms with E-state index in [2.05, 4.69) is 63.0 Å². The van der Waals surface area contributed by atoms with E-state index < -0.39 is 0 Å². The zero-order valence-corrected chi connectivity index (χ0v) is 17.7. The molecule has 0 saturated heterocycles. The van der Waals surface area contributed by atoms with Crippen LogP contribution in [0.4, 0.5) is 0 Å². The number of ether oxygens (including phenoxy) is 1. The van der Waals surface area contributed by atoms with Crippen LogP contribution in [0.3, 0.4) is 0 Å². The maximum Gasteiger partial charge on any atom is 0.277 e. The standard InChI is InChI=1S/C21H21BrN4O2/c1-12-4-6-16(13(2)8-12)14-5-7-17-15(9-14)10-24-26(20(17)27)21-23-11-18(22)19(25-21)28-3/h4,6,8,10-11,14H,5,7,9H2,1-3H3. The number of halogens is 1. The molecule has 0 fully saturated rings. The maximum absolute atomic E-state index is 13.0. The first-order valence-corrected chi connectivity index (χ1v) is 10.0. The van der Waals surface area contributed by atoms with Gasteiger partial charge in [-0.1, -0.05) is 23.8 Å². The smallest absolute Gasteiger partial charge is 0.277 e. The van der Waals surface area contributed by atoms with Crippen LogP contribution in [-0.2, 0) is 12.8 Å². The lowest BCUT2D eigenvalue weighted by molar-refractivity contribution is 0.392. The first-order valence-electron chi connectivity index (χ1n) is 9.22. The fourth-order valence-corrected chi connectivity index (χ4v) is 4.28. The van der Waals surface area contributed by atoms with Crippen LogP contribution >= 0.6 is 15.9 Å². The predicted molar refractivity (Wildman–Crippen MR) is 110 cm³/mol. The SMILES string of the molecule is COc1nc(-n2ncc3c(c2=O)CCC(c2ccc(C)cc2C)C3)ncc1Br. The zero-order chi connectivity index (χ0) is 19.8. The second-order valence-electron chi connectivity index (χ2n) is 7.19. The van der Waals surface area contributed by atoms with Crippen LogP contribution in [0.5, 0.6) is 5.88 Å². The van der Waals surface area contributed by atoms with E-state index in [1.807, 2.05) is 0 Å². The molecule has 6 nitrogen and oxygen atoms in total. The van der Waals surface area contributed by atoms with Crippen LogP contribution in [0, 0.1) is 13.8 Å². The molecule has 0 radical (unpaired) electrons. The highest BCUT2D eigenvalue weighted by Crippen LogP contribution is 2.33. The maximum atomic E-state index is 13.0. The second-order valence-corrected chi connectivity index (χ2v) is 8.05. The molecule has 0 amide bonds. The molecular formula is C21H21BrN4O2. The Balaban J connectivity index is 1.69. The molecular weight excluding hydrogens is 420 g/mol. The third-order valence-corrected chi connectivity index (χ3v) is 5.87. The second kappa shape index (κ2) is 7.47. The van der Waals surface area contributed by atoms with Crippen LogP contribution in [0.1, 0.15) is 40.2 Å². The summed E-state index contributed by atoms with van der Waals surface area (Å²) in [4.78, 5) is 21.5. The number of aryl methyl sites for hydroxylation is 2. The molecule has 0 aliphatic heterocycles. The van der Waals surface area contributed by atoms with E-state index in [4.69, 9.17) is 4.74 Å². The number of benzene rings is 1. The molecule has 0 bridgehead atoms. The van der Waals surface area contributed by atoms with Crippen LogP contribution in [-0.4, -0.2) is 26.9 Å². The summed E-state index contributed by atoms with van der Waals surface area (Å²) in [6.45, 7) is 4.27. The number of hydrogen-bond acceptors (Lipinski definition) is 5. The Bertz CT molecular complexity index is 1110. The average Bonchev–Trinajstić information content (AvgIpc) is 2.69. The molecule has 1 unspecified atom stereocenters. The van der Waals surface area contributed by atoms with Crippen molar-refractivity contribution in [1.29, 1.82) is 0 Å². The minimum Gasteiger partial charge on any atom is -0.480 e. The topological polar surface area (TPSA) is 69.9 Å². The fraction of sp³-hybridized carbons (Fsp3) is 0.333. The third kappa shape index (κ3) is 3.35. The summed E-state index contributed by atoms with van der Waals surface area (Å²) in [5.41, 5.74) is 5.61. The van der Waals surface area contributed by atoms with Crippen molar-refractivity contribution in [3.05, 3.63) is 73.2 Å². The molecule has 0 saturated carbocycles. The molecule has 3 aromatic rings. The molecule has 28 heavy (non-hydrogen) atoms. The lowest BCUT2D eigenvalue weighted by atomic mass is 9.79. The van der Waals surface area contributed by atoms with Gasteiger partial charge in [0, 0.05) is 5.56 Å². The van der Waals surface area contributed by atoms with Gasteiger partial charge in [0.05, 0.1) is 24.0 Å². The number of rotatable bonds is 3. The highest BCUT2D eigenvalue weighted by Gasteiger charge is 2.25. The van der Waals surface area contributed by atoms with Crippen LogP contribution in [0.2, 0.25) is 0 Å². The molecule has 1 atom stereocenters. The van der Waals surface area contributed by atoms with Gasteiger partial charge >= 0.3 is 0 Å². The van der Waals surface area contributed by atoms with E-state index in [1.54, 1.807) is 12.4 Å². The van der Waals surface area contributed by atoms with E-state index in [0.717, 1.165) is 30.4 Å². The molecule has 1 aliphatic rings. The van der Waals surface area contributed by atoms with Gasteiger partial charge in [-0.3, -0.25) is 4.79 Å². The van der Waals surface area contributed by atoms with Crippen molar-refractivity contribution in [2.75, 3.05) is 7.11 Å². The predicted octanol–water partition coefficient (Wildman–Crippen LogP) is 3.68. The van der Waals surface area contributed by atoms with Gasteiger partial charge in [-0.2, -0.15) is 14.8 Å². The normalized spacial score (nSPS) is 15.9. The molecule has 0 spiro atoms. The van der Waals surface area contributed by atoms with Gasteiger partial charge in [0.1, 0.15) is 0 Å². The van der Waals surface area contributed by atoms with Gasteiger partial charge in [0.25, 0.3) is 11.5 Å². The van der Waals surface area contributed by atoms with Crippen molar-refractivity contribution in [1.82, 2.24) is 19.7 Å². The highest BCUT2D eigenvalue weighted by atomic mass is 79.9. The number of aromatic nitrogens is 4. The number of fused-ring (bicyclic) bond motifs is 1. The highest BCUT2D eigenvalue weighted by molar-refractivity contribution is 9.10. The van der Waals surface area contributed by atoms with E-state index in [9.17, 15) is 4.79 Å². The minimum atomic E-state index is -0.152. The van der Waals surface area contributed by atoms with E-state index in [0.29, 0.717) is 16.3 Å². The average molecular weight is 441 g/mol. The van der Waals surface area contributed by atoms with Gasteiger partial charge < -0.3 is 4.74 Å². The lowest BCUT2D eigenvalue weighted by Gasteiger charge is -2.26. The van der Waals surface area contributed by atoms with E-state index >= 15 is 0 Å². The van der Waals surface area contributed by atoms with Crippen molar-refractivity contribution in [2.45, 2.75) is 39.0 Å². The number of hydrogen-bond donors (Lipinski definition) is 0. The molecule has 2 aromatic heterocycles. The Hall–Kier alpha value is -2.54. The zero-order valence-electron chi connectivity index (χ0n) is 16.1. The summed E-state index contributed by atoms with van der Waals surface area (Å²) in [5, 5.41) is 4.34. The molecule has 2 heterocycles. The number of nitrogens with zero attached hydrogens (tertiary/aromatic N) is 4. The molecule has 1 aromatic carbocycles. The van der Waals surface area contributed by atoms with Gasteiger partial charge in [0.2, 0.25) is 5.88 Å². The Labute approximate surface area is 171 Å². The molecule has 0 N–H and O–H groups in total. The summed E-state index contributed by atoms with van der Waals surface area (Å²) in [6, 6.07) is 6.60. The van der Waals surface area contributed by atoms with Crippen molar-refractivity contribution in [2.24, 2.45) is 0 Å². The van der Waals surface area contributed by atoms with Gasteiger partial charge in [-0.15, -0.1) is 0 Å². The first-order chi connectivity index (χ1) is 13.5. The van der Waals surface area contributed by atoms with Gasteiger partial charge in [-0.25, -0.2) is 4.98 Å². The Morgan fingerprint density at radius 2 is 2.07 bits per heavy atom. The summed E-state index contributed by atoms with van der Waals surface area (Å²) < 4.78 is 7.08. The van der Waals surface area contributed by atoms with Crippen LogP contribution in [0.25, 0.3) is 5.95 Å². The Kier molecular flexibility index (Phi) is 5.02. The van der Waals surface area contributed by atoms with E-state index in [1.165, 1.54) is 28.5 Å². The van der Waals surface area contributed by atoms with Gasteiger partial charge in [0.15, 0.2) is 0 Å². The summed E-state index contributed by atoms with van der Waals surface area (Å²) in [5.74, 6) is 0.991. The van der Waals surface area contributed by atoms with Crippen molar-refractivity contribution >= 4 is 15.9 Å². The molecule has 144 valence electrons. The Morgan fingerprint density at radius 3 is 2.82 bits per heavy atom. The van der Waals surface area contributed by atoms with Crippen molar-refractivity contribution in [3.8, 4) is 11.8 Å². The number of methoxy groups -OCH3 is 1. The molecule has 7 heteroatoms. The Morgan fingerprint density at radius 1 is 1.25 bits per heavy atom. The summed E-state index contributed by atoms with van der Waals surface area (Å²) >= 11 is 3.32. The monoisotopic (exact) mass is 440 g/mol. The first kappa shape index (κ1) is 18.8. The van der Waals surface area contributed by atoms with Crippen LogP contribution < -0.4 is 10.3 Å². The quantitative estimate of drug-likeness (QED) is 0.620. The third-order valence-electron chi connectivity index (χ3n) is 5.32.